The van der Waals surface area contributed by atoms with E-state index in [0.29, 0.717) is 15.9 Å². The SMILES string of the molecule is C=CCN(CC=C)S(=O)(=O)c1ccc(Cl)c2ncccc12. The molecule has 4 nitrogen and oxygen atoms in total. The third kappa shape index (κ3) is 3.00. The first kappa shape index (κ1) is 15.7. The van der Waals surface area contributed by atoms with E-state index in [1.165, 1.54) is 22.5 Å². The number of fused-ring (bicyclic) bond motifs is 1. The Morgan fingerprint density at radius 1 is 1.19 bits per heavy atom. The average Bonchev–Trinajstić information content (AvgIpc) is 2.47. The van der Waals surface area contributed by atoms with Crippen LogP contribution in [0, 0.1) is 0 Å². The number of pyridine rings is 1. The van der Waals surface area contributed by atoms with E-state index in [4.69, 9.17) is 11.6 Å². The van der Waals surface area contributed by atoms with Crippen molar-refractivity contribution in [2.24, 2.45) is 0 Å². The molecular formula is C15H15ClN2O2S. The number of aromatic nitrogens is 1. The van der Waals surface area contributed by atoms with Crippen LogP contribution in [0.4, 0.5) is 0 Å². The zero-order valence-corrected chi connectivity index (χ0v) is 12.9. The van der Waals surface area contributed by atoms with Crippen LogP contribution >= 0.6 is 11.6 Å². The third-order valence-electron chi connectivity index (χ3n) is 2.96. The van der Waals surface area contributed by atoms with Crippen molar-refractivity contribution in [1.82, 2.24) is 9.29 Å². The van der Waals surface area contributed by atoms with Gasteiger partial charge in [-0.05, 0) is 24.3 Å². The Hall–Kier alpha value is -1.69. The minimum Gasteiger partial charge on any atom is -0.255 e. The van der Waals surface area contributed by atoms with Crippen LogP contribution in [0.1, 0.15) is 0 Å². The molecule has 0 atom stereocenters. The van der Waals surface area contributed by atoms with E-state index < -0.39 is 10.0 Å². The molecule has 0 aliphatic heterocycles. The Morgan fingerprint density at radius 2 is 1.86 bits per heavy atom. The molecule has 21 heavy (non-hydrogen) atoms. The number of benzene rings is 1. The quantitative estimate of drug-likeness (QED) is 0.767. The maximum atomic E-state index is 12.8. The van der Waals surface area contributed by atoms with Crippen LogP contribution in [0.2, 0.25) is 5.02 Å². The van der Waals surface area contributed by atoms with E-state index in [1.807, 2.05) is 0 Å². The molecule has 1 aromatic heterocycles. The lowest BCUT2D eigenvalue weighted by atomic mass is 10.2. The number of nitrogens with zero attached hydrogens (tertiary/aromatic N) is 2. The van der Waals surface area contributed by atoms with Crippen molar-refractivity contribution in [1.29, 1.82) is 0 Å². The molecule has 1 heterocycles. The Kier molecular flexibility index (Phi) is 4.77. The highest BCUT2D eigenvalue weighted by Crippen LogP contribution is 2.29. The van der Waals surface area contributed by atoms with E-state index in [1.54, 1.807) is 24.4 Å². The van der Waals surface area contributed by atoms with Gasteiger partial charge in [0.15, 0.2) is 0 Å². The molecule has 0 unspecified atom stereocenters. The monoisotopic (exact) mass is 322 g/mol. The highest BCUT2D eigenvalue weighted by Gasteiger charge is 2.25. The van der Waals surface area contributed by atoms with Crippen LogP contribution < -0.4 is 0 Å². The van der Waals surface area contributed by atoms with Crippen molar-refractivity contribution < 1.29 is 8.42 Å². The Balaban J connectivity index is 2.67. The van der Waals surface area contributed by atoms with Crippen LogP contribution in [0.3, 0.4) is 0 Å². The third-order valence-corrected chi connectivity index (χ3v) is 5.16. The largest absolute Gasteiger partial charge is 0.255 e. The van der Waals surface area contributed by atoms with Gasteiger partial charge in [0, 0.05) is 24.7 Å². The van der Waals surface area contributed by atoms with Crippen LogP contribution in [-0.4, -0.2) is 30.8 Å². The summed E-state index contributed by atoms with van der Waals surface area (Å²) in [5.41, 5.74) is 0.470. The highest BCUT2D eigenvalue weighted by molar-refractivity contribution is 7.89. The maximum absolute atomic E-state index is 12.8. The van der Waals surface area contributed by atoms with E-state index in [0.717, 1.165) is 0 Å². The number of hydrogen-bond donors (Lipinski definition) is 0. The van der Waals surface area contributed by atoms with E-state index >= 15 is 0 Å². The van der Waals surface area contributed by atoms with E-state index in [9.17, 15) is 8.42 Å². The van der Waals surface area contributed by atoms with Gasteiger partial charge in [0.2, 0.25) is 10.0 Å². The zero-order chi connectivity index (χ0) is 15.5. The summed E-state index contributed by atoms with van der Waals surface area (Å²) in [7, 11) is -3.68. The molecule has 2 rings (SSSR count). The van der Waals surface area contributed by atoms with Crippen molar-refractivity contribution in [3.63, 3.8) is 0 Å². The van der Waals surface area contributed by atoms with Gasteiger partial charge >= 0.3 is 0 Å². The maximum Gasteiger partial charge on any atom is 0.244 e. The summed E-state index contributed by atoms with van der Waals surface area (Å²) < 4.78 is 26.9. The van der Waals surface area contributed by atoms with Gasteiger partial charge in [-0.3, -0.25) is 4.98 Å². The first-order chi connectivity index (χ1) is 10.0. The molecule has 0 saturated carbocycles. The smallest absolute Gasteiger partial charge is 0.244 e. The van der Waals surface area contributed by atoms with E-state index in [2.05, 4.69) is 18.1 Å². The van der Waals surface area contributed by atoms with Crippen molar-refractivity contribution in [2.75, 3.05) is 13.1 Å². The normalized spacial score (nSPS) is 11.7. The van der Waals surface area contributed by atoms with E-state index in [-0.39, 0.29) is 18.0 Å². The lowest BCUT2D eigenvalue weighted by Crippen LogP contribution is -2.31. The van der Waals surface area contributed by atoms with Gasteiger partial charge in [-0.25, -0.2) is 8.42 Å². The summed E-state index contributed by atoms with van der Waals surface area (Å²) >= 11 is 6.08. The molecule has 0 aliphatic rings. The topological polar surface area (TPSA) is 50.3 Å². The number of hydrogen-bond acceptors (Lipinski definition) is 3. The molecule has 0 saturated heterocycles. The van der Waals surface area contributed by atoms with Gasteiger partial charge in [0.1, 0.15) is 0 Å². The predicted octanol–water partition coefficient (Wildman–Crippen LogP) is 3.25. The summed E-state index contributed by atoms with van der Waals surface area (Å²) in [6.07, 6.45) is 4.66. The summed E-state index contributed by atoms with van der Waals surface area (Å²) in [6.45, 7) is 7.60. The minimum atomic E-state index is -3.68. The molecule has 6 heteroatoms. The lowest BCUT2D eigenvalue weighted by Gasteiger charge is -2.20. The molecular weight excluding hydrogens is 308 g/mol. The Morgan fingerprint density at radius 3 is 2.48 bits per heavy atom. The van der Waals surface area contributed by atoms with Crippen LogP contribution in [0.15, 0.2) is 60.7 Å². The fourth-order valence-corrected chi connectivity index (χ4v) is 3.81. The second-order valence-electron chi connectivity index (χ2n) is 4.34. The number of rotatable bonds is 6. The fraction of sp³-hybridized carbons (Fsp3) is 0.133. The molecule has 110 valence electrons. The molecule has 0 bridgehead atoms. The van der Waals surface area contributed by atoms with Gasteiger partial charge in [0.05, 0.1) is 15.4 Å². The van der Waals surface area contributed by atoms with Gasteiger partial charge in [-0.15, -0.1) is 13.2 Å². The Bertz CT molecular complexity index is 777. The fourth-order valence-electron chi connectivity index (χ4n) is 2.03. The van der Waals surface area contributed by atoms with Crippen LogP contribution in [0.25, 0.3) is 10.9 Å². The van der Waals surface area contributed by atoms with Gasteiger partial charge in [-0.1, -0.05) is 23.8 Å². The molecule has 0 spiro atoms. The summed E-state index contributed by atoms with van der Waals surface area (Å²) in [6, 6.07) is 6.43. The van der Waals surface area contributed by atoms with Crippen molar-refractivity contribution in [3.8, 4) is 0 Å². The molecule has 0 amide bonds. The van der Waals surface area contributed by atoms with Crippen LogP contribution in [0.5, 0.6) is 0 Å². The first-order valence-electron chi connectivity index (χ1n) is 6.27. The van der Waals surface area contributed by atoms with Crippen molar-refractivity contribution in [2.45, 2.75) is 4.90 Å². The minimum absolute atomic E-state index is 0.179. The summed E-state index contributed by atoms with van der Waals surface area (Å²) in [5.74, 6) is 0. The lowest BCUT2D eigenvalue weighted by molar-refractivity contribution is 0.475. The van der Waals surface area contributed by atoms with Gasteiger partial charge in [0.25, 0.3) is 0 Å². The first-order valence-corrected chi connectivity index (χ1v) is 8.09. The standard InChI is InChI=1S/C15H15ClN2O2S/c1-3-10-18(11-4-2)21(19,20)14-8-7-13(16)15-12(14)6-5-9-17-15/h3-9H,1-2,10-11H2. The van der Waals surface area contributed by atoms with Crippen LogP contribution in [-0.2, 0) is 10.0 Å². The second-order valence-corrected chi connectivity index (χ2v) is 6.66. The van der Waals surface area contributed by atoms with Crippen molar-refractivity contribution in [3.05, 3.63) is 60.8 Å². The van der Waals surface area contributed by atoms with Gasteiger partial charge < -0.3 is 0 Å². The van der Waals surface area contributed by atoms with Gasteiger partial charge in [-0.2, -0.15) is 4.31 Å². The molecule has 0 fully saturated rings. The second kappa shape index (κ2) is 6.39. The molecule has 2 aromatic rings. The molecule has 0 aliphatic carbocycles. The summed E-state index contributed by atoms with van der Waals surface area (Å²) in [4.78, 5) is 4.33. The average molecular weight is 323 g/mol. The number of halogens is 1. The predicted molar refractivity (Wildman–Crippen MR) is 85.9 cm³/mol. The summed E-state index contributed by atoms with van der Waals surface area (Å²) in [5, 5.41) is 0.923. The highest BCUT2D eigenvalue weighted by atomic mass is 35.5. The van der Waals surface area contributed by atoms with Crippen molar-refractivity contribution >= 4 is 32.5 Å². The Labute approximate surface area is 129 Å². The molecule has 0 radical (unpaired) electrons. The molecule has 0 N–H and O–H groups in total. The zero-order valence-electron chi connectivity index (χ0n) is 11.4. The number of sulfonamides is 1. The molecule has 1 aromatic carbocycles.